The molecule has 0 bridgehead atoms. The van der Waals surface area contributed by atoms with E-state index in [0.29, 0.717) is 17.6 Å². The van der Waals surface area contributed by atoms with E-state index >= 15 is 0 Å². The predicted molar refractivity (Wildman–Crippen MR) is 79.6 cm³/mol. The molecule has 0 radical (unpaired) electrons. The summed E-state index contributed by atoms with van der Waals surface area (Å²) in [4.78, 5) is 12.4. The van der Waals surface area contributed by atoms with Crippen molar-refractivity contribution in [3.63, 3.8) is 0 Å². The van der Waals surface area contributed by atoms with Crippen LogP contribution in [0.1, 0.15) is 27.2 Å². The van der Waals surface area contributed by atoms with Crippen molar-refractivity contribution in [1.29, 1.82) is 0 Å². The van der Waals surface area contributed by atoms with Gasteiger partial charge in [-0.25, -0.2) is 0 Å². The van der Waals surface area contributed by atoms with Gasteiger partial charge in [0.25, 0.3) is 0 Å². The van der Waals surface area contributed by atoms with Crippen LogP contribution in [0, 0.1) is 0 Å². The molecule has 1 aromatic heterocycles. The van der Waals surface area contributed by atoms with Gasteiger partial charge in [-0.15, -0.1) is 16.9 Å². The molecule has 1 aromatic carbocycles. The van der Waals surface area contributed by atoms with Gasteiger partial charge in [0, 0.05) is 22.1 Å². The Kier molecular flexibility index (Phi) is 4.79. The van der Waals surface area contributed by atoms with Crippen LogP contribution < -0.4 is 5.32 Å². The minimum atomic E-state index is -0.149. The molecule has 1 heterocycles. The number of rotatable bonds is 5. The van der Waals surface area contributed by atoms with Crippen molar-refractivity contribution in [2.45, 2.75) is 37.3 Å². The second-order valence-electron chi connectivity index (χ2n) is 4.51. The second kappa shape index (κ2) is 6.56. The molecule has 5 nitrogen and oxygen atoms in total. The van der Waals surface area contributed by atoms with E-state index in [1.54, 1.807) is 18.7 Å². The molecule has 20 heavy (non-hydrogen) atoms. The molecule has 0 aliphatic heterocycles. The van der Waals surface area contributed by atoms with Crippen LogP contribution in [0.15, 0.2) is 33.6 Å². The molecule has 6 heteroatoms. The van der Waals surface area contributed by atoms with Crippen molar-refractivity contribution in [2.24, 2.45) is 0 Å². The van der Waals surface area contributed by atoms with Gasteiger partial charge < -0.3 is 4.42 Å². The molecule has 0 unspecified atom stereocenters. The summed E-state index contributed by atoms with van der Waals surface area (Å²) < 4.78 is 5.40. The highest BCUT2D eigenvalue weighted by atomic mass is 32.2. The smallest absolute Gasteiger partial charge is 0.322 e. The van der Waals surface area contributed by atoms with Gasteiger partial charge in [-0.05, 0) is 24.3 Å². The van der Waals surface area contributed by atoms with Crippen LogP contribution in [0.2, 0.25) is 0 Å². The molecule has 2 aromatic rings. The molecule has 0 aliphatic rings. The molecule has 1 amide bonds. The summed E-state index contributed by atoms with van der Waals surface area (Å²) in [6.45, 7) is 6.07. The summed E-state index contributed by atoms with van der Waals surface area (Å²) in [5.41, 5.74) is 0.836. The van der Waals surface area contributed by atoms with Crippen molar-refractivity contribution >= 4 is 23.7 Å². The highest BCUT2D eigenvalue weighted by molar-refractivity contribution is 7.99. The first-order valence-electron chi connectivity index (χ1n) is 6.49. The van der Waals surface area contributed by atoms with Crippen LogP contribution in [0.3, 0.4) is 0 Å². The number of hydrogen-bond acceptors (Lipinski definition) is 5. The number of benzene rings is 1. The molecular weight excluding hydrogens is 274 g/mol. The summed E-state index contributed by atoms with van der Waals surface area (Å²) in [6, 6.07) is 8.04. The zero-order chi connectivity index (χ0) is 14.5. The molecule has 1 N–H and O–H groups in total. The summed E-state index contributed by atoms with van der Waals surface area (Å²) in [5, 5.41) is 10.8. The monoisotopic (exact) mass is 291 g/mol. The Bertz CT molecular complexity index is 578. The summed E-state index contributed by atoms with van der Waals surface area (Å²) >= 11 is 1.80. The molecule has 0 fully saturated rings. The van der Waals surface area contributed by atoms with E-state index in [0.717, 1.165) is 5.56 Å². The Labute approximate surface area is 122 Å². The maximum atomic E-state index is 11.2. The van der Waals surface area contributed by atoms with Crippen molar-refractivity contribution in [2.75, 3.05) is 5.32 Å². The fourth-order valence-corrected chi connectivity index (χ4v) is 2.38. The zero-order valence-corrected chi connectivity index (χ0v) is 12.5. The Morgan fingerprint density at radius 2 is 2.00 bits per heavy atom. The van der Waals surface area contributed by atoms with Crippen LogP contribution in [-0.2, 0) is 4.79 Å². The van der Waals surface area contributed by atoms with E-state index in [9.17, 15) is 4.79 Å². The number of amides is 1. The molecule has 0 aliphatic carbocycles. The average Bonchev–Trinajstić information content (AvgIpc) is 2.87. The van der Waals surface area contributed by atoms with Crippen molar-refractivity contribution in [3.8, 4) is 11.5 Å². The second-order valence-corrected chi connectivity index (χ2v) is 6.15. The Morgan fingerprint density at radius 1 is 1.30 bits per heavy atom. The van der Waals surface area contributed by atoms with Gasteiger partial charge in [0.05, 0.1) is 0 Å². The highest BCUT2D eigenvalue weighted by Crippen LogP contribution is 2.26. The first-order chi connectivity index (χ1) is 9.58. The number of thioether (sulfide) groups is 1. The van der Waals surface area contributed by atoms with Crippen LogP contribution in [-0.4, -0.2) is 21.4 Å². The third kappa shape index (κ3) is 3.84. The maximum absolute atomic E-state index is 11.2. The van der Waals surface area contributed by atoms with Crippen LogP contribution in [0.5, 0.6) is 0 Å². The van der Waals surface area contributed by atoms with Crippen LogP contribution in [0.4, 0.5) is 6.01 Å². The number of carbonyl (C=O) groups excluding carboxylic acids is 1. The van der Waals surface area contributed by atoms with Gasteiger partial charge in [0.2, 0.25) is 11.8 Å². The fourth-order valence-electron chi connectivity index (χ4n) is 1.55. The minimum Gasteiger partial charge on any atom is -0.403 e. The Balaban J connectivity index is 2.10. The lowest BCUT2D eigenvalue weighted by Crippen LogP contribution is -2.09. The molecule has 2 rings (SSSR count). The first-order valence-corrected chi connectivity index (χ1v) is 7.37. The predicted octanol–water partition coefficient (Wildman–Crippen LogP) is 3.59. The van der Waals surface area contributed by atoms with Crippen molar-refractivity contribution in [3.05, 3.63) is 24.3 Å². The van der Waals surface area contributed by atoms with Gasteiger partial charge in [-0.3, -0.25) is 10.1 Å². The van der Waals surface area contributed by atoms with E-state index in [2.05, 4.69) is 29.4 Å². The molecule has 0 atom stereocenters. The van der Waals surface area contributed by atoms with E-state index in [-0.39, 0.29) is 11.9 Å². The third-order valence-electron chi connectivity index (χ3n) is 2.47. The lowest BCUT2D eigenvalue weighted by Gasteiger charge is -2.04. The van der Waals surface area contributed by atoms with Crippen LogP contribution >= 0.6 is 11.8 Å². The number of carbonyl (C=O) groups is 1. The SMILES string of the molecule is CCC(=O)Nc1nnc(-c2ccc(SC(C)C)cc2)o1. The molecule has 0 spiro atoms. The van der Waals surface area contributed by atoms with Crippen molar-refractivity contribution < 1.29 is 9.21 Å². The Hall–Kier alpha value is -1.82. The number of nitrogens with one attached hydrogen (secondary N) is 1. The van der Waals surface area contributed by atoms with E-state index < -0.39 is 0 Å². The average molecular weight is 291 g/mol. The Morgan fingerprint density at radius 3 is 2.60 bits per heavy atom. The topological polar surface area (TPSA) is 68.0 Å². The number of anilines is 1. The number of aromatic nitrogens is 2. The normalized spacial score (nSPS) is 10.8. The third-order valence-corrected chi connectivity index (χ3v) is 3.48. The van der Waals surface area contributed by atoms with Gasteiger partial charge in [0.1, 0.15) is 0 Å². The molecule has 0 saturated carbocycles. The van der Waals surface area contributed by atoms with E-state index in [1.165, 1.54) is 4.90 Å². The number of hydrogen-bond donors (Lipinski definition) is 1. The standard InChI is InChI=1S/C14H17N3O2S/c1-4-12(18)15-14-17-16-13(19-14)10-5-7-11(8-6-10)20-9(2)3/h5-9H,4H2,1-3H3,(H,15,17,18). The first kappa shape index (κ1) is 14.6. The number of nitrogens with zero attached hydrogens (tertiary/aromatic N) is 2. The molecular formula is C14H17N3O2S. The summed E-state index contributed by atoms with van der Waals surface area (Å²) in [7, 11) is 0. The summed E-state index contributed by atoms with van der Waals surface area (Å²) in [5.74, 6) is 0.251. The quantitative estimate of drug-likeness (QED) is 0.853. The molecule has 0 saturated heterocycles. The molecule has 106 valence electrons. The van der Waals surface area contributed by atoms with Crippen LogP contribution in [0.25, 0.3) is 11.5 Å². The van der Waals surface area contributed by atoms with Gasteiger partial charge in [-0.1, -0.05) is 25.9 Å². The van der Waals surface area contributed by atoms with E-state index in [4.69, 9.17) is 4.42 Å². The zero-order valence-electron chi connectivity index (χ0n) is 11.7. The lowest BCUT2D eigenvalue weighted by atomic mass is 10.2. The van der Waals surface area contributed by atoms with Gasteiger partial charge >= 0.3 is 6.01 Å². The summed E-state index contributed by atoms with van der Waals surface area (Å²) in [6.07, 6.45) is 0.374. The van der Waals surface area contributed by atoms with Crippen molar-refractivity contribution in [1.82, 2.24) is 10.2 Å². The van der Waals surface area contributed by atoms with E-state index in [1.807, 2.05) is 24.3 Å². The largest absolute Gasteiger partial charge is 0.403 e. The highest BCUT2D eigenvalue weighted by Gasteiger charge is 2.10. The minimum absolute atomic E-state index is 0.132. The lowest BCUT2D eigenvalue weighted by molar-refractivity contribution is -0.116. The fraction of sp³-hybridized carbons (Fsp3) is 0.357. The van der Waals surface area contributed by atoms with Gasteiger partial charge in [0.15, 0.2) is 0 Å². The van der Waals surface area contributed by atoms with Gasteiger partial charge in [-0.2, -0.15) is 0 Å². The maximum Gasteiger partial charge on any atom is 0.322 e.